The summed E-state index contributed by atoms with van der Waals surface area (Å²) in [6, 6.07) is 8.30. The first-order chi connectivity index (χ1) is 14.5. The Bertz CT molecular complexity index is 1290. The molecule has 5 N–H and O–H groups in total. The van der Waals surface area contributed by atoms with Crippen molar-refractivity contribution in [3.8, 4) is 5.82 Å². The number of hydrogen-bond donors (Lipinski definition) is 4. The van der Waals surface area contributed by atoms with Gasteiger partial charge in [-0.1, -0.05) is 5.16 Å². The van der Waals surface area contributed by atoms with Crippen molar-refractivity contribution < 1.29 is 9.32 Å². The summed E-state index contributed by atoms with van der Waals surface area (Å²) in [4.78, 5) is 33.6. The summed E-state index contributed by atoms with van der Waals surface area (Å²) in [5, 5.41) is 12.4. The lowest BCUT2D eigenvalue weighted by atomic mass is 10.2. The van der Waals surface area contributed by atoms with Gasteiger partial charge in [0.05, 0.1) is 17.6 Å². The molecule has 0 unspecified atom stereocenters. The van der Waals surface area contributed by atoms with E-state index in [2.05, 4.69) is 31.1 Å². The first-order valence-corrected chi connectivity index (χ1v) is 8.92. The molecule has 0 aliphatic carbocycles. The van der Waals surface area contributed by atoms with E-state index >= 15 is 0 Å². The van der Waals surface area contributed by atoms with Crippen LogP contribution in [-0.2, 0) is 0 Å². The Balaban J connectivity index is 1.77. The average Bonchev–Trinajstić information content (AvgIpc) is 3.19. The third-order valence-electron chi connectivity index (χ3n) is 4.37. The van der Waals surface area contributed by atoms with Gasteiger partial charge in [-0.25, -0.2) is 9.97 Å². The summed E-state index contributed by atoms with van der Waals surface area (Å²) in [5.74, 6) is 0.281. The second-order valence-corrected chi connectivity index (χ2v) is 6.26. The van der Waals surface area contributed by atoms with Crippen LogP contribution in [0.4, 0.5) is 22.9 Å². The topological polar surface area (TPSA) is 153 Å². The third kappa shape index (κ3) is 3.28. The number of amides is 1. The maximum absolute atomic E-state index is 12.9. The van der Waals surface area contributed by atoms with Gasteiger partial charge in [-0.2, -0.15) is 0 Å². The summed E-state index contributed by atoms with van der Waals surface area (Å²) < 4.78 is 6.53. The average molecular weight is 406 g/mol. The number of hydrogen-bond acceptors (Lipinski definition) is 9. The predicted molar refractivity (Wildman–Crippen MR) is 112 cm³/mol. The number of nitrogen functional groups attached to an aromatic ring is 1. The highest BCUT2D eigenvalue weighted by atomic mass is 16.5. The van der Waals surface area contributed by atoms with E-state index in [1.807, 2.05) is 0 Å². The van der Waals surface area contributed by atoms with Gasteiger partial charge in [-0.05, 0) is 24.3 Å². The normalized spacial score (nSPS) is 10.7. The fourth-order valence-corrected chi connectivity index (χ4v) is 2.89. The summed E-state index contributed by atoms with van der Waals surface area (Å²) in [5.41, 5.74) is 7.34. The smallest absolute Gasteiger partial charge is 0.291 e. The fraction of sp³-hybridized carbons (Fsp3) is 0.105. The highest BCUT2D eigenvalue weighted by molar-refractivity contribution is 6.05. The molecule has 4 rings (SSSR count). The van der Waals surface area contributed by atoms with Gasteiger partial charge < -0.3 is 26.2 Å². The van der Waals surface area contributed by atoms with Gasteiger partial charge in [0.15, 0.2) is 5.52 Å². The summed E-state index contributed by atoms with van der Waals surface area (Å²) >= 11 is 0. The Morgan fingerprint density at radius 1 is 1.17 bits per heavy atom. The highest BCUT2D eigenvalue weighted by Crippen LogP contribution is 2.27. The van der Waals surface area contributed by atoms with Gasteiger partial charge >= 0.3 is 0 Å². The molecule has 0 aromatic carbocycles. The molecule has 0 bridgehead atoms. The zero-order valence-electron chi connectivity index (χ0n) is 16.1. The SMILES string of the molecule is CNC(=O)c1onc2c(NC)cc(Nc3cccn(-c4ccc(N)cn4)c3=O)nc12. The summed E-state index contributed by atoms with van der Waals surface area (Å²) in [6.45, 7) is 0. The number of carbonyl (C=O) groups is 1. The molecular weight excluding hydrogens is 388 g/mol. The molecule has 11 nitrogen and oxygen atoms in total. The van der Waals surface area contributed by atoms with Crippen molar-refractivity contribution in [1.29, 1.82) is 0 Å². The van der Waals surface area contributed by atoms with Crippen molar-refractivity contribution in [1.82, 2.24) is 25.0 Å². The molecule has 0 spiro atoms. The Morgan fingerprint density at radius 3 is 2.70 bits per heavy atom. The molecule has 4 heterocycles. The van der Waals surface area contributed by atoms with Gasteiger partial charge in [0, 0.05) is 26.4 Å². The molecular formula is C19H18N8O3. The number of nitrogens with two attached hydrogens (primary N) is 1. The van der Waals surface area contributed by atoms with E-state index in [1.54, 1.807) is 43.6 Å². The van der Waals surface area contributed by atoms with Gasteiger partial charge in [-0.3, -0.25) is 14.2 Å². The number of aromatic nitrogens is 4. The van der Waals surface area contributed by atoms with Crippen molar-refractivity contribution in [2.75, 3.05) is 30.5 Å². The molecule has 0 atom stereocenters. The Hall–Kier alpha value is -4.41. The van der Waals surface area contributed by atoms with Crippen molar-refractivity contribution in [3.63, 3.8) is 0 Å². The molecule has 4 aromatic heterocycles. The molecule has 152 valence electrons. The number of nitrogens with zero attached hydrogens (tertiary/aromatic N) is 4. The monoisotopic (exact) mass is 406 g/mol. The van der Waals surface area contributed by atoms with Gasteiger partial charge in [-0.15, -0.1) is 0 Å². The maximum Gasteiger partial charge on any atom is 0.291 e. The van der Waals surface area contributed by atoms with E-state index in [0.717, 1.165) is 0 Å². The van der Waals surface area contributed by atoms with Crippen LogP contribution in [-0.4, -0.2) is 39.7 Å². The molecule has 1 amide bonds. The van der Waals surface area contributed by atoms with Crippen LogP contribution in [0.15, 0.2) is 52.0 Å². The molecule has 11 heteroatoms. The van der Waals surface area contributed by atoms with Crippen LogP contribution in [0.2, 0.25) is 0 Å². The molecule has 0 radical (unpaired) electrons. The quantitative estimate of drug-likeness (QED) is 0.386. The lowest BCUT2D eigenvalue weighted by Crippen LogP contribution is -2.21. The minimum Gasteiger partial charge on any atom is -0.397 e. The summed E-state index contributed by atoms with van der Waals surface area (Å²) in [7, 11) is 3.19. The first-order valence-electron chi connectivity index (χ1n) is 8.92. The Labute approximate surface area is 169 Å². The van der Waals surface area contributed by atoms with Crippen molar-refractivity contribution in [2.45, 2.75) is 0 Å². The molecule has 0 aliphatic rings. The van der Waals surface area contributed by atoms with Crippen LogP contribution < -0.4 is 27.2 Å². The summed E-state index contributed by atoms with van der Waals surface area (Å²) in [6.07, 6.45) is 3.08. The van der Waals surface area contributed by atoms with E-state index in [0.29, 0.717) is 28.5 Å². The number of carbonyl (C=O) groups excluding carboxylic acids is 1. The number of rotatable bonds is 5. The lowest BCUT2D eigenvalue weighted by molar-refractivity contribution is 0.0929. The van der Waals surface area contributed by atoms with E-state index in [-0.39, 0.29) is 22.5 Å². The lowest BCUT2D eigenvalue weighted by Gasteiger charge is -2.10. The van der Waals surface area contributed by atoms with Crippen LogP contribution in [0, 0.1) is 0 Å². The molecule has 4 aromatic rings. The van der Waals surface area contributed by atoms with E-state index in [9.17, 15) is 9.59 Å². The van der Waals surface area contributed by atoms with Gasteiger partial charge in [0.2, 0.25) is 5.76 Å². The van der Waals surface area contributed by atoms with Gasteiger partial charge in [0.25, 0.3) is 11.5 Å². The minimum atomic E-state index is -0.458. The zero-order chi connectivity index (χ0) is 21.3. The fourth-order valence-electron chi connectivity index (χ4n) is 2.89. The van der Waals surface area contributed by atoms with Crippen molar-refractivity contribution in [3.05, 3.63) is 58.8 Å². The predicted octanol–water partition coefficient (Wildman–Crippen LogP) is 1.50. The van der Waals surface area contributed by atoms with E-state index < -0.39 is 5.91 Å². The molecule has 30 heavy (non-hydrogen) atoms. The minimum absolute atomic E-state index is 0.0239. The Kier molecular flexibility index (Phi) is 4.76. The Morgan fingerprint density at radius 2 is 2.00 bits per heavy atom. The van der Waals surface area contributed by atoms with Crippen molar-refractivity contribution >= 4 is 39.8 Å². The van der Waals surface area contributed by atoms with Crippen LogP contribution in [0.25, 0.3) is 16.9 Å². The van der Waals surface area contributed by atoms with E-state index in [1.165, 1.54) is 17.8 Å². The van der Waals surface area contributed by atoms with Crippen molar-refractivity contribution in [2.24, 2.45) is 0 Å². The number of nitrogens with one attached hydrogen (secondary N) is 3. The van der Waals surface area contributed by atoms with Gasteiger partial charge in [0.1, 0.15) is 22.8 Å². The molecule has 0 aliphatic heterocycles. The number of pyridine rings is 3. The second kappa shape index (κ2) is 7.54. The second-order valence-electron chi connectivity index (χ2n) is 6.26. The highest BCUT2D eigenvalue weighted by Gasteiger charge is 2.20. The zero-order valence-corrected chi connectivity index (χ0v) is 16.1. The van der Waals surface area contributed by atoms with Crippen LogP contribution >= 0.6 is 0 Å². The molecule has 0 saturated heterocycles. The third-order valence-corrected chi connectivity index (χ3v) is 4.37. The maximum atomic E-state index is 12.9. The molecule has 0 fully saturated rings. The van der Waals surface area contributed by atoms with Crippen LogP contribution in [0.1, 0.15) is 10.6 Å². The first kappa shape index (κ1) is 18.9. The number of anilines is 4. The van der Waals surface area contributed by atoms with E-state index in [4.69, 9.17) is 10.3 Å². The van der Waals surface area contributed by atoms with Crippen LogP contribution in [0.3, 0.4) is 0 Å². The number of fused-ring (bicyclic) bond motifs is 1. The largest absolute Gasteiger partial charge is 0.397 e. The standard InChI is InChI=1S/C19H18N8O3/c1-21-12-8-13(25-16-15(12)26-30-17(16)18(28)22-2)24-11-4-3-7-27(19(11)29)14-6-5-10(20)9-23-14/h3-9,21H,20H2,1-2H3,(H,22,28)(H,24,25). The molecule has 0 saturated carbocycles. The van der Waals surface area contributed by atoms with Crippen LogP contribution in [0.5, 0.6) is 0 Å².